The lowest BCUT2D eigenvalue weighted by Gasteiger charge is -2.27. The van der Waals surface area contributed by atoms with E-state index >= 15 is 0 Å². The minimum absolute atomic E-state index is 0. The minimum atomic E-state index is -0.370. The molecule has 1 aromatic heterocycles. The number of carbonyl (C=O) groups excluding carboxylic acids is 1. The molecule has 0 radical (unpaired) electrons. The van der Waals surface area contributed by atoms with Crippen molar-refractivity contribution in [1.82, 2.24) is 4.98 Å². The molecule has 1 unspecified atom stereocenters. The van der Waals surface area contributed by atoms with Crippen LogP contribution in [-0.4, -0.2) is 30.8 Å². The SMILES string of the molecule is COC1CCCN1c1cc(C)nc2cc(NC(=O)c3ccc(F)cc3)ccc12.Cl. The van der Waals surface area contributed by atoms with Crippen LogP contribution in [0, 0.1) is 12.7 Å². The fourth-order valence-electron chi connectivity index (χ4n) is 3.72. The summed E-state index contributed by atoms with van der Waals surface area (Å²) in [6.45, 7) is 2.91. The first-order valence-electron chi connectivity index (χ1n) is 9.33. The van der Waals surface area contributed by atoms with Gasteiger partial charge in [0.05, 0.1) is 5.52 Å². The topological polar surface area (TPSA) is 54.5 Å². The van der Waals surface area contributed by atoms with Crippen LogP contribution >= 0.6 is 12.4 Å². The Balaban J connectivity index is 0.00000240. The van der Waals surface area contributed by atoms with Gasteiger partial charge < -0.3 is 15.0 Å². The monoisotopic (exact) mass is 415 g/mol. The fraction of sp³-hybridized carbons (Fsp3) is 0.273. The molecule has 1 saturated heterocycles. The number of hydrogen-bond acceptors (Lipinski definition) is 4. The third-order valence-electron chi connectivity index (χ3n) is 5.06. The third-order valence-corrected chi connectivity index (χ3v) is 5.06. The van der Waals surface area contributed by atoms with E-state index in [1.54, 1.807) is 7.11 Å². The second-order valence-electron chi connectivity index (χ2n) is 7.00. The van der Waals surface area contributed by atoms with Crippen molar-refractivity contribution in [2.24, 2.45) is 0 Å². The number of anilines is 2. The number of rotatable bonds is 4. The number of benzene rings is 2. The number of aryl methyl sites for hydroxylation is 1. The highest BCUT2D eigenvalue weighted by molar-refractivity contribution is 6.05. The molecule has 3 aromatic rings. The van der Waals surface area contributed by atoms with Crippen molar-refractivity contribution in [3.8, 4) is 0 Å². The van der Waals surface area contributed by atoms with Gasteiger partial charge in [-0.05, 0) is 68.3 Å². The van der Waals surface area contributed by atoms with Gasteiger partial charge >= 0.3 is 0 Å². The molecule has 0 spiro atoms. The molecule has 4 rings (SSSR count). The van der Waals surface area contributed by atoms with E-state index in [4.69, 9.17) is 4.74 Å². The van der Waals surface area contributed by atoms with Crippen LogP contribution in [0.15, 0.2) is 48.5 Å². The number of nitrogens with one attached hydrogen (secondary N) is 1. The summed E-state index contributed by atoms with van der Waals surface area (Å²) in [6, 6.07) is 13.3. The maximum atomic E-state index is 13.1. The molecule has 1 fully saturated rings. The number of hydrogen-bond donors (Lipinski definition) is 1. The Kier molecular flexibility index (Phi) is 6.35. The second-order valence-corrected chi connectivity index (χ2v) is 7.00. The van der Waals surface area contributed by atoms with Crippen molar-refractivity contribution in [3.05, 3.63) is 65.6 Å². The average molecular weight is 416 g/mol. The number of amides is 1. The lowest BCUT2D eigenvalue weighted by molar-refractivity contribution is 0.102. The maximum Gasteiger partial charge on any atom is 0.255 e. The van der Waals surface area contributed by atoms with Gasteiger partial charge in [0.2, 0.25) is 0 Å². The molecule has 0 bridgehead atoms. The number of aromatic nitrogens is 1. The van der Waals surface area contributed by atoms with Crippen LogP contribution in [0.25, 0.3) is 10.9 Å². The number of nitrogens with zero attached hydrogens (tertiary/aromatic N) is 2. The van der Waals surface area contributed by atoms with Crippen LogP contribution in [-0.2, 0) is 4.74 Å². The van der Waals surface area contributed by atoms with E-state index in [9.17, 15) is 9.18 Å². The maximum absolute atomic E-state index is 13.1. The number of pyridine rings is 1. The Labute approximate surface area is 175 Å². The zero-order valence-corrected chi connectivity index (χ0v) is 17.1. The van der Waals surface area contributed by atoms with E-state index in [2.05, 4.69) is 21.3 Å². The number of carbonyl (C=O) groups is 1. The van der Waals surface area contributed by atoms with Crippen LogP contribution in [0.5, 0.6) is 0 Å². The molecule has 152 valence electrons. The predicted molar refractivity (Wildman–Crippen MR) is 115 cm³/mol. The summed E-state index contributed by atoms with van der Waals surface area (Å²) < 4.78 is 18.7. The van der Waals surface area contributed by atoms with E-state index in [1.165, 1.54) is 24.3 Å². The lowest BCUT2D eigenvalue weighted by Crippen LogP contribution is -2.30. The van der Waals surface area contributed by atoms with Crippen molar-refractivity contribution in [2.75, 3.05) is 23.9 Å². The van der Waals surface area contributed by atoms with Crippen molar-refractivity contribution in [2.45, 2.75) is 26.0 Å². The first-order valence-corrected chi connectivity index (χ1v) is 9.33. The Bertz CT molecular complexity index is 1030. The summed E-state index contributed by atoms with van der Waals surface area (Å²) in [5.41, 5.74) is 3.87. The molecule has 5 nitrogen and oxygen atoms in total. The van der Waals surface area contributed by atoms with Gasteiger partial charge in [0.15, 0.2) is 0 Å². The van der Waals surface area contributed by atoms with Crippen molar-refractivity contribution < 1.29 is 13.9 Å². The minimum Gasteiger partial charge on any atom is -0.362 e. The summed E-state index contributed by atoms with van der Waals surface area (Å²) in [5.74, 6) is -0.656. The summed E-state index contributed by atoms with van der Waals surface area (Å²) >= 11 is 0. The average Bonchev–Trinajstić information content (AvgIpc) is 3.16. The zero-order chi connectivity index (χ0) is 19.7. The van der Waals surface area contributed by atoms with Gasteiger partial charge in [-0.2, -0.15) is 0 Å². The molecule has 1 N–H and O–H groups in total. The van der Waals surface area contributed by atoms with E-state index in [0.717, 1.165) is 41.7 Å². The van der Waals surface area contributed by atoms with Crippen LogP contribution in [0.4, 0.5) is 15.8 Å². The molecule has 1 amide bonds. The second kappa shape index (κ2) is 8.76. The van der Waals surface area contributed by atoms with Gasteiger partial charge in [0.25, 0.3) is 5.91 Å². The molecular weight excluding hydrogens is 393 g/mol. The van der Waals surface area contributed by atoms with Crippen LogP contribution in [0.1, 0.15) is 28.9 Å². The van der Waals surface area contributed by atoms with Gasteiger partial charge in [0, 0.05) is 41.7 Å². The Hall–Kier alpha value is -2.70. The molecule has 0 aliphatic carbocycles. The van der Waals surface area contributed by atoms with Gasteiger partial charge in [-0.1, -0.05) is 0 Å². The number of halogens is 2. The van der Waals surface area contributed by atoms with Crippen LogP contribution in [0.3, 0.4) is 0 Å². The molecule has 29 heavy (non-hydrogen) atoms. The van der Waals surface area contributed by atoms with E-state index in [0.29, 0.717) is 11.3 Å². The Morgan fingerprint density at radius 1 is 1.21 bits per heavy atom. The number of methoxy groups -OCH3 is 1. The summed E-state index contributed by atoms with van der Waals surface area (Å²) in [7, 11) is 1.74. The van der Waals surface area contributed by atoms with Gasteiger partial charge in [-0.3, -0.25) is 9.78 Å². The highest BCUT2D eigenvalue weighted by atomic mass is 35.5. The van der Waals surface area contributed by atoms with Gasteiger partial charge in [0.1, 0.15) is 12.0 Å². The van der Waals surface area contributed by atoms with Crippen molar-refractivity contribution >= 4 is 40.6 Å². The molecule has 0 saturated carbocycles. The smallest absolute Gasteiger partial charge is 0.255 e. The summed E-state index contributed by atoms with van der Waals surface area (Å²) in [4.78, 5) is 19.3. The summed E-state index contributed by atoms with van der Waals surface area (Å²) in [5, 5.41) is 3.88. The third kappa shape index (κ3) is 4.33. The molecule has 1 atom stereocenters. The van der Waals surface area contributed by atoms with E-state index in [-0.39, 0.29) is 30.4 Å². The van der Waals surface area contributed by atoms with E-state index in [1.807, 2.05) is 25.1 Å². The van der Waals surface area contributed by atoms with Crippen molar-refractivity contribution in [1.29, 1.82) is 0 Å². The van der Waals surface area contributed by atoms with Gasteiger partial charge in [-0.15, -0.1) is 12.4 Å². The normalized spacial score (nSPS) is 16.0. The predicted octanol–water partition coefficient (Wildman–Crippen LogP) is 4.93. The first kappa shape index (κ1) is 21.0. The largest absolute Gasteiger partial charge is 0.362 e. The molecule has 1 aliphatic rings. The summed E-state index contributed by atoms with van der Waals surface area (Å²) in [6.07, 6.45) is 2.17. The van der Waals surface area contributed by atoms with E-state index < -0.39 is 0 Å². The molecule has 2 aromatic carbocycles. The lowest BCUT2D eigenvalue weighted by atomic mass is 10.1. The fourth-order valence-corrected chi connectivity index (χ4v) is 3.72. The Morgan fingerprint density at radius 3 is 2.69 bits per heavy atom. The van der Waals surface area contributed by atoms with Gasteiger partial charge in [-0.25, -0.2) is 4.39 Å². The highest BCUT2D eigenvalue weighted by Crippen LogP contribution is 2.33. The van der Waals surface area contributed by atoms with Crippen LogP contribution < -0.4 is 10.2 Å². The Morgan fingerprint density at radius 2 is 1.97 bits per heavy atom. The van der Waals surface area contributed by atoms with Crippen molar-refractivity contribution in [3.63, 3.8) is 0 Å². The highest BCUT2D eigenvalue weighted by Gasteiger charge is 2.26. The number of ether oxygens (including phenoxy) is 1. The molecule has 1 aliphatic heterocycles. The quantitative estimate of drug-likeness (QED) is 0.656. The standard InChI is InChI=1S/C22H22FN3O2.ClH/c1-14-12-20(26-11-3-4-21(26)28-2)18-10-9-17(13-19(18)24-14)25-22(27)15-5-7-16(23)8-6-15;/h5-10,12-13,21H,3-4,11H2,1-2H3,(H,25,27);1H. The zero-order valence-electron chi connectivity index (χ0n) is 16.3. The first-order chi connectivity index (χ1) is 13.5. The molecular formula is C22H23ClFN3O2. The molecule has 7 heteroatoms. The molecule has 2 heterocycles. The number of fused-ring (bicyclic) bond motifs is 1. The van der Waals surface area contributed by atoms with Crippen LogP contribution in [0.2, 0.25) is 0 Å².